The maximum atomic E-state index is 14.1. The van der Waals surface area contributed by atoms with Gasteiger partial charge in [-0.2, -0.15) is 0 Å². The molecule has 0 atom stereocenters. The number of imide groups is 2. The molecule has 0 aromatic heterocycles. The first-order chi connectivity index (χ1) is 18.7. The van der Waals surface area contributed by atoms with Gasteiger partial charge in [0.1, 0.15) is 0 Å². The van der Waals surface area contributed by atoms with E-state index in [0.717, 1.165) is 45.4 Å². The molecule has 1 aliphatic rings. The van der Waals surface area contributed by atoms with Gasteiger partial charge in [0.2, 0.25) is 6.41 Å². The molecule has 0 fully saturated rings. The standard InChI is InChI=1S/C33H30N2O4/c1-6-21-12-11-18(3)20(5)27(21)23-13-15-25-29-26(16-14-24(28(23)29)31(37)34-17-36)33(39)35(32(25)38)30-19(4)9-8-10-22(30)7-2/h8-17H,6-7H2,1-5H3,(H,34,36,37). The second kappa shape index (κ2) is 9.95. The lowest BCUT2D eigenvalue weighted by Gasteiger charge is -2.31. The summed E-state index contributed by atoms with van der Waals surface area (Å²) in [4.78, 5) is 53.8. The fourth-order valence-electron chi connectivity index (χ4n) is 5.78. The summed E-state index contributed by atoms with van der Waals surface area (Å²) in [6.07, 6.45) is 1.76. The number of hydrogen-bond acceptors (Lipinski definition) is 4. The first-order valence-electron chi connectivity index (χ1n) is 13.2. The van der Waals surface area contributed by atoms with Crippen LogP contribution in [0.5, 0.6) is 0 Å². The molecule has 4 amide bonds. The number of carbonyl (C=O) groups is 4. The van der Waals surface area contributed by atoms with Gasteiger partial charge in [-0.05, 0) is 90.8 Å². The van der Waals surface area contributed by atoms with E-state index in [1.807, 2.05) is 52.0 Å². The zero-order valence-electron chi connectivity index (χ0n) is 22.8. The second-order valence-electron chi connectivity index (χ2n) is 9.94. The Morgan fingerprint density at radius 2 is 1.41 bits per heavy atom. The minimum atomic E-state index is -0.590. The molecule has 5 rings (SSSR count). The number of carbonyl (C=O) groups excluding carboxylic acids is 4. The second-order valence-corrected chi connectivity index (χ2v) is 9.94. The van der Waals surface area contributed by atoms with E-state index in [9.17, 15) is 19.2 Å². The number of benzene rings is 4. The molecule has 6 heteroatoms. The van der Waals surface area contributed by atoms with Crippen molar-refractivity contribution in [1.29, 1.82) is 0 Å². The first-order valence-corrected chi connectivity index (χ1v) is 13.2. The molecule has 39 heavy (non-hydrogen) atoms. The molecule has 6 nitrogen and oxygen atoms in total. The molecule has 0 radical (unpaired) electrons. The summed E-state index contributed by atoms with van der Waals surface area (Å²) >= 11 is 0. The summed E-state index contributed by atoms with van der Waals surface area (Å²) in [6, 6.07) is 16.7. The number of para-hydroxylation sites is 1. The van der Waals surface area contributed by atoms with Gasteiger partial charge in [0.15, 0.2) is 0 Å². The summed E-state index contributed by atoms with van der Waals surface area (Å²) in [6.45, 7) is 10.0. The van der Waals surface area contributed by atoms with E-state index in [-0.39, 0.29) is 5.56 Å². The Balaban J connectivity index is 1.89. The predicted molar refractivity (Wildman–Crippen MR) is 153 cm³/mol. The summed E-state index contributed by atoms with van der Waals surface area (Å²) in [5.41, 5.74) is 8.21. The Kier molecular flexibility index (Phi) is 6.64. The van der Waals surface area contributed by atoms with Crippen molar-refractivity contribution in [3.8, 4) is 11.1 Å². The molecule has 0 saturated carbocycles. The smallest absolute Gasteiger partial charge is 0.266 e. The van der Waals surface area contributed by atoms with Gasteiger partial charge in [0.05, 0.1) is 5.69 Å². The average Bonchev–Trinajstić information content (AvgIpc) is 2.93. The van der Waals surface area contributed by atoms with E-state index < -0.39 is 17.7 Å². The van der Waals surface area contributed by atoms with Crippen molar-refractivity contribution in [3.05, 3.63) is 99.1 Å². The van der Waals surface area contributed by atoms with Gasteiger partial charge in [-0.15, -0.1) is 0 Å². The van der Waals surface area contributed by atoms with Crippen LogP contribution >= 0.6 is 0 Å². The van der Waals surface area contributed by atoms with Gasteiger partial charge in [0, 0.05) is 27.5 Å². The van der Waals surface area contributed by atoms with Gasteiger partial charge in [-0.25, -0.2) is 4.90 Å². The largest absolute Gasteiger partial charge is 0.295 e. The monoisotopic (exact) mass is 518 g/mol. The van der Waals surface area contributed by atoms with Crippen LogP contribution in [0.1, 0.15) is 72.7 Å². The lowest BCUT2D eigenvalue weighted by Crippen LogP contribution is -2.41. The predicted octanol–water partition coefficient (Wildman–Crippen LogP) is 6.24. The molecule has 4 aromatic rings. The Hall–Kier alpha value is -4.58. The van der Waals surface area contributed by atoms with Crippen LogP contribution < -0.4 is 10.2 Å². The van der Waals surface area contributed by atoms with Crippen LogP contribution in [0.3, 0.4) is 0 Å². The lowest BCUT2D eigenvalue weighted by molar-refractivity contribution is -0.108. The van der Waals surface area contributed by atoms with E-state index in [2.05, 4.69) is 24.4 Å². The molecule has 0 unspecified atom stereocenters. The molecular weight excluding hydrogens is 488 g/mol. The third-order valence-electron chi connectivity index (χ3n) is 7.86. The van der Waals surface area contributed by atoms with Gasteiger partial charge >= 0.3 is 0 Å². The molecule has 0 saturated heterocycles. The SMILES string of the molecule is CCc1ccc(C)c(C)c1-c1ccc2c3c(ccc(C(=O)NC=O)c13)C(=O)N(c1c(C)cccc1CC)C2=O. The molecule has 1 N–H and O–H groups in total. The van der Waals surface area contributed by atoms with Crippen molar-refractivity contribution in [2.45, 2.75) is 47.5 Å². The van der Waals surface area contributed by atoms with Crippen LogP contribution in [0.15, 0.2) is 54.6 Å². The van der Waals surface area contributed by atoms with Crippen LogP contribution in [0.25, 0.3) is 21.9 Å². The van der Waals surface area contributed by atoms with Crippen molar-refractivity contribution < 1.29 is 19.2 Å². The fraction of sp³-hybridized carbons (Fsp3) is 0.212. The summed E-state index contributed by atoms with van der Waals surface area (Å²) < 4.78 is 0. The molecule has 1 aliphatic heterocycles. The number of amides is 4. The minimum Gasteiger partial charge on any atom is -0.295 e. The Bertz CT molecular complexity index is 1700. The van der Waals surface area contributed by atoms with Crippen LogP contribution in [0.2, 0.25) is 0 Å². The highest BCUT2D eigenvalue weighted by Gasteiger charge is 2.37. The van der Waals surface area contributed by atoms with Crippen molar-refractivity contribution in [2.24, 2.45) is 0 Å². The fourth-order valence-corrected chi connectivity index (χ4v) is 5.78. The number of nitrogens with zero attached hydrogens (tertiary/aromatic N) is 1. The maximum Gasteiger partial charge on any atom is 0.266 e. The van der Waals surface area contributed by atoms with Gasteiger partial charge in [-0.1, -0.05) is 50.2 Å². The van der Waals surface area contributed by atoms with Crippen LogP contribution in [-0.2, 0) is 17.6 Å². The molecular formula is C33H30N2O4. The first kappa shape index (κ1) is 26.0. The summed E-state index contributed by atoms with van der Waals surface area (Å²) in [5.74, 6) is -1.46. The van der Waals surface area contributed by atoms with E-state index in [0.29, 0.717) is 40.4 Å². The quantitative estimate of drug-likeness (QED) is 0.242. The van der Waals surface area contributed by atoms with Crippen LogP contribution in [-0.4, -0.2) is 24.1 Å². The molecule has 1 heterocycles. The van der Waals surface area contributed by atoms with Gasteiger partial charge < -0.3 is 0 Å². The Morgan fingerprint density at radius 1 is 0.769 bits per heavy atom. The number of rotatable bonds is 6. The number of anilines is 1. The third kappa shape index (κ3) is 3.95. The normalized spacial score (nSPS) is 12.7. The van der Waals surface area contributed by atoms with Crippen LogP contribution in [0, 0.1) is 20.8 Å². The summed E-state index contributed by atoms with van der Waals surface area (Å²) in [5, 5.41) is 3.17. The third-order valence-corrected chi connectivity index (χ3v) is 7.86. The number of hydrogen-bond donors (Lipinski definition) is 1. The van der Waals surface area contributed by atoms with Gasteiger partial charge in [0.25, 0.3) is 17.7 Å². The highest BCUT2D eigenvalue weighted by atomic mass is 16.2. The molecule has 0 bridgehead atoms. The summed E-state index contributed by atoms with van der Waals surface area (Å²) in [7, 11) is 0. The Morgan fingerprint density at radius 3 is 2.05 bits per heavy atom. The molecule has 4 aromatic carbocycles. The van der Waals surface area contributed by atoms with E-state index >= 15 is 0 Å². The van der Waals surface area contributed by atoms with Crippen molar-refractivity contribution in [3.63, 3.8) is 0 Å². The van der Waals surface area contributed by atoms with Gasteiger partial charge in [-0.3, -0.25) is 24.5 Å². The topological polar surface area (TPSA) is 83.6 Å². The number of aryl methyl sites for hydroxylation is 4. The lowest BCUT2D eigenvalue weighted by atomic mass is 9.82. The highest BCUT2D eigenvalue weighted by molar-refractivity contribution is 6.38. The van der Waals surface area contributed by atoms with Crippen molar-refractivity contribution >= 4 is 40.6 Å². The van der Waals surface area contributed by atoms with Crippen LogP contribution in [0.4, 0.5) is 5.69 Å². The zero-order chi connectivity index (χ0) is 28.0. The average molecular weight is 519 g/mol. The van der Waals surface area contributed by atoms with E-state index in [1.165, 1.54) is 4.90 Å². The number of nitrogens with one attached hydrogen (secondary N) is 1. The molecule has 0 aliphatic carbocycles. The van der Waals surface area contributed by atoms with E-state index in [4.69, 9.17) is 0 Å². The maximum absolute atomic E-state index is 14.1. The highest BCUT2D eigenvalue weighted by Crippen LogP contribution is 2.43. The van der Waals surface area contributed by atoms with Crippen molar-refractivity contribution in [1.82, 2.24) is 5.32 Å². The molecule has 196 valence electrons. The zero-order valence-corrected chi connectivity index (χ0v) is 22.8. The minimum absolute atomic E-state index is 0.236. The Labute approximate surface area is 227 Å². The van der Waals surface area contributed by atoms with E-state index in [1.54, 1.807) is 18.2 Å². The van der Waals surface area contributed by atoms with Crippen molar-refractivity contribution in [2.75, 3.05) is 4.90 Å². The molecule has 0 spiro atoms.